The van der Waals surface area contributed by atoms with Gasteiger partial charge in [0.25, 0.3) is 0 Å². The summed E-state index contributed by atoms with van der Waals surface area (Å²) in [5.41, 5.74) is 0. The van der Waals surface area contributed by atoms with Crippen LogP contribution in [0.15, 0.2) is 4.99 Å². The molecule has 2 heterocycles. The number of hydrogen-bond donors (Lipinski definition) is 4. The minimum absolute atomic E-state index is 0.0978. The number of carbonyl (C=O) groups is 1. The molecule has 3 fully saturated rings. The maximum Gasteiger partial charge on any atom is 0.223 e. The van der Waals surface area contributed by atoms with Crippen molar-refractivity contribution in [3.05, 3.63) is 0 Å². The Bertz CT molecular complexity index is 677. The Morgan fingerprint density at radius 3 is 2.70 bits per heavy atom. The average Bonchev–Trinajstić information content (AvgIpc) is 3.35. The van der Waals surface area contributed by atoms with Crippen molar-refractivity contribution in [1.29, 1.82) is 0 Å². The van der Waals surface area contributed by atoms with Crippen LogP contribution in [0.1, 0.15) is 58.3 Å². The molecule has 33 heavy (non-hydrogen) atoms. The highest BCUT2D eigenvalue weighted by Crippen LogP contribution is 2.41. The lowest BCUT2D eigenvalue weighted by molar-refractivity contribution is -0.127. The molecule has 4 aliphatic rings. The molecule has 0 radical (unpaired) electrons. The lowest BCUT2D eigenvalue weighted by Crippen LogP contribution is -2.46. The molecule has 7 nitrogen and oxygen atoms in total. The van der Waals surface area contributed by atoms with E-state index >= 15 is 0 Å². The lowest BCUT2D eigenvalue weighted by atomic mass is 9.67. The van der Waals surface area contributed by atoms with Crippen molar-refractivity contribution >= 4 is 23.5 Å². The smallest absolute Gasteiger partial charge is 0.223 e. The number of halogens is 1. The maximum atomic E-state index is 13.3. The summed E-state index contributed by atoms with van der Waals surface area (Å²) >= 11 is 6.39. The van der Waals surface area contributed by atoms with E-state index in [-0.39, 0.29) is 23.3 Å². The number of aliphatic imine (C=N–C) groups is 1. The van der Waals surface area contributed by atoms with Gasteiger partial charge < -0.3 is 26.0 Å². The van der Waals surface area contributed by atoms with Gasteiger partial charge in [-0.2, -0.15) is 0 Å². The lowest BCUT2D eigenvalue weighted by Gasteiger charge is -2.41. The van der Waals surface area contributed by atoms with Gasteiger partial charge in [-0.25, -0.2) is 0 Å². The molecule has 0 spiro atoms. The van der Waals surface area contributed by atoms with Crippen LogP contribution in [-0.4, -0.2) is 69.2 Å². The summed E-state index contributed by atoms with van der Waals surface area (Å²) in [7, 11) is 1.74. The van der Waals surface area contributed by atoms with Crippen molar-refractivity contribution in [1.82, 2.24) is 21.3 Å². The molecule has 8 heteroatoms. The first-order valence-electron chi connectivity index (χ1n) is 13.2. The van der Waals surface area contributed by atoms with E-state index < -0.39 is 0 Å². The van der Waals surface area contributed by atoms with E-state index in [1.807, 2.05) is 0 Å². The Morgan fingerprint density at radius 1 is 1.06 bits per heavy atom. The zero-order chi connectivity index (χ0) is 23.2. The number of piperidine rings is 1. The molecule has 188 valence electrons. The molecule has 2 aliphatic carbocycles. The van der Waals surface area contributed by atoms with Gasteiger partial charge in [-0.3, -0.25) is 9.79 Å². The Balaban J connectivity index is 1.33. The number of alkyl halides is 1. The van der Waals surface area contributed by atoms with Gasteiger partial charge in [0, 0.05) is 38.7 Å². The fraction of sp³-hybridized carbons (Fsp3) is 0.920. The second-order valence-electron chi connectivity index (χ2n) is 10.9. The van der Waals surface area contributed by atoms with E-state index in [0.29, 0.717) is 23.8 Å². The summed E-state index contributed by atoms with van der Waals surface area (Å²) in [6.07, 6.45) is 8.76. The molecule has 1 saturated heterocycles. The third-order valence-electron chi connectivity index (χ3n) is 8.46. The van der Waals surface area contributed by atoms with E-state index in [9.17, 15) is 4.79 Å². The van der Waals surface area contributed by atoms with Crippen LogP contribution in [0.4, 0.5) is 0 Å². The third-order valence-corrected chi connectivity index (χ3v) is 8.96. The van der Waals surface area contributed by atoms with E-state index in [4.69, 9.17) is 16.3 Å². The van der Waals surface area contributed by atoms with Crippen molar-refractivity contribution in [3.63, 3.8) is 0 Å². The van der Waals surface area contributed by atoms with Crippen molar-refractivity contribution in [3.8, 4) is 0 Å². The van der Waals surface area contributed by atoms with Gasteiger partial charge in [-0.05, 0) is 88.5 Å². The van der Waals surface area contributed by atoms with Gasteiger partial charge >= 0.3 is 0 Å². The van der Waals surface area contributed by atoms with E-state index in [1.54, 1.807) is 7.11 Å². The number of rotatable bonds is 7. The largest absolute Gasteiger partial charge is 0.380 e. The number of hydrogen-bond acceptors (Lipinski definition) is 6. The van der Waals surface area contributed by atoms with Gasteiger partial charge in [-0.1, -0.05) is 0 Å². The summed E-state index contributed by atoms with van der Waals surface area (Å²) < 4.78 is 5.56. The number of amides is 1. The molecule has 0 aromatic carbocycles. The van der Waals surface area contributed by atoms with Crippen LogP contribution in [0.3, 0.4) is 0 Å². The molecule has 1 amide bonds. The summed E-state index contributed by atoms with van der Waals surface area (Å²) in [6.45, 7) is 6.82. The molecule has 0 bridgehead atoms. The van der Waals surface area contributed by atoms with E-state index in [0.717, 1.165) is 76.7 Å². The number of carbonyl (C=O) groups excluding carboxylic acids is 1. The van der Waals surface area contributed by atoms with Crippen LogP contribution in [0.5, 0.6) is 0 Å². The van der Waals surface area contributed by atoms with Gasteiger partial charge in [0.05, 0.1) is 18.0 Å². The summed E-state index contributed by atoms with van der Waals surface area (Å²) in [5.74, 6) is 3.63. The Kier molecular flexibility index (Phi) is 9.17. The molecule has 0 aromatic rings. The van der Waals surface area contributed by atoms with Crippen LogP contribution < -0.4 is 21.3 Å². The maximum absolute atomic E-state index is 13.3. The SMILES string of the molecule is COC1CC(CNC(=O)C2CC(CNC3=NCCN3)CC(C3CCNC(C)C3)C2)CCC1Cl. The number of ether oxygens (including phenoxy) is 1. The molecule has 8 atom stereocenters. The minimum atomic E-state index is 0.0978. The van der Waals surface area contributed by atoms with E-state index in [2.05, 4.69) is 33.2 Å². The van der Waals surface area contributed by atoms with E-state index in [1.165, 1.54) is 19.3 Å². The van der Waals surface area contributed by atoms with Crippen molar-refractivity contribution in [2.75, 3.05) is 39.8 Å². The van der Waals surface area contributed by atoms with Crippen LogP contribution in [0, 0.1) is 29.6 Å². The zero-order valence-electron chi connectivity index (χ0n) is 20.5. The first-order chi connectivity index (χ1) is 16.0. The fourth-order valence-corrected chi connectivity index (χ4v) is 6.93. The summed E-state index contributed by atoms with van der Waals surface area (Å²) in [6, 6.07) is 0.581. The highest BCUT2D eigenvalue weighted by molar-refractivity contribution is 6.21. The predicted molar refractivity (Wildman–Crippen MR) is 134 cm³/mol. The minimum Gasteiger partial charge on any atom is -0.380 e. The first kappa shape index (κ1) is 25.1. The Morgan fingerprint density at radius 2 is 1.94 bits per heavy atom. The fourth-order valence-electron chi connectivity index (χ4n) is 6.60. The highest BCUT2D eigenvalue weighted by Gasteiger charge is 2.38. The van der Waals surface area contributed by atoms with Crippen LogP contribution in [0.25, 0.3) is 0 Å². The van der Waals surface area contributed by atoms with Gasteiger partial charge in [0.1, 0.15) is 0 Å². The van der Waals surface area contributed by atoms with Gasteiger partial charge in [-0.15, -0.1) is 11.6 Å². The second kappa shape index (κ2) is 12.1. The quantitative estimate of drug-likeness (QED) is 0.420. The predicted octanol–water partition coefficient (Wildman–Crippen LogP) is 2.49. The third kappa shape index (κ3) is 6.98. The normalized spacial score (nSPS) is 39.4. The van der Waals surface area contributed by atoms with Gasteiger partial charge in [0.15, 0.2) is 5.96 Å². The molecular formula is C25H44ClN5O2. The average molecular weight is 482 g/mol. The summed E-state index contributed by atoms with van der Waals surface area (Å²) in [4.78, 5) is 17.8. The standard InChI is InChI=1S/C25H44ClN5O2/c1-16-9-19(5-6-27-16)20-10-18(15-31-25-28-7-8-29-25)11-21(13-20)24(32)30-14-17-3-4-22(26)23(12-17)33-2/h16-23,27H,3-15H2,1-2H3,(H,30,32)(H2,28,29,31). The molecule has 4 rings (SSSR count). The molecule has 4 N–H and O–H groups in total. The number of nitrogens with zero attached hydrogens (tertiary/aromatic N) is 1. The number of guanidine groups is 1. The van der Waals surface area contributed by atoms with Crippen molar-refractivity contribution in [2.45, 2.75) is 75.8 Å². The molecular weight excluding hydrogens is 438 g/mol. The number of methoxy groups -OCH3 is 1. The van der Waals surface area contributed by atoms with Crippen LogP contribution in [-0.2, 0) is 9.53 Å². The van der Waals surface area contributed by atoms with Gasteiger partial charge in [0.2, 0.25) is 5.91 Å². The molecule has 2 aliphatic heterocycles. The zero-order valence-corrected chi connectivity index (χ0v) is 21.2. The number of nitrogens with one attached hydrogen (secondary N) is 4. The van der Waals surface area contributed by atoms with Crippen LogP contribution >= 0.6 is 11.6 Å². The topological polar surface area (TPSA) is 86.8 Å². The van der Waals surface area contributed by atoms with Crippen molar-refractivity contribution < 1.29 is 9.53 Å². The Hall–Kier alpha value is -1.05. The van der Waals surface area contributed by atoms with Crippen LogP contribution in [0.2, 0.25) is 0 Å². The summed E-state index contributed by atoms with van der Waals surface area (Å²) in [5, 5.41) is 13.8. The monoisotopic (exact) mass is 481 g/mol. The van der Waals surface area contributed by atoms with Crippen molar-refractivity contribution in [2.24, 2.45) is 34.6 Å². The first-order valence-corrected chi connectivity index (χ1v) is 13.7. The molecule has 8 unspecified atom stereocenters. The molecule has 2 saturated carbocycles. The molecule has 0 aromatic heterocycles. The highest BCUT2D eigenvalue weighted by atomic mass is 35.5. The second-order valence-corrected chi connectivity index (χ2v) is 11.5. The Labute approximate surface area is 204 Å².